The van der Waals surface area contributed by atoms with Crippen LogP contribution in [0.3, 0.4) is 0 Å². The van der Waals surface area contributed by atoms with Crippen molar-refractivity contribution in [2.24, 2.45) is 10.8 Å². The van der Waals surface area contributed by atoms with Crippen molar-refractivity contribution in [2.75, 3.05) is 7.11 Å². The van der Waals surface area contributed by atoms with E-state index in [1.54, 1.807) is 0 Å². The Bertz CT molecular complexity index is 506. The third-order valence-electron chi connectivity index (χ3n) is 4.30. The number of esters is 1. The third-order valence-corrected chi connectivity index (χ3v) is 4.30. The van der Waals surface area contributed by atoms with Crippen molar-refractivity contribution in [1.29, 1.82) is 10.5 Å². The molecule has 0 heterocycles. The average Bonchev–Trinajstić information content (AvgIpc) is 2.99. The number of carbonyl (C=O) groups excluding carboxylic acids is 1. The van der Waals surface area contributed by atoms with Gasteiger partial charge in [-0.2, -0.15) is 10.5 Å². The van der Waals surface area contributed by atoms with Crippen LogP contribution in [0.25, 0.3) is 0 Å². The van der Waals surface area contributed by atoms with Gasteiger partial charge >= 0.3 is 5.97 Å². The smallest absolute Gasteiger partial charge is 0.312 e. The molecule has 0 aromatic heterocycles. The molecule has 107 valence electrons. The highest BCUT2D eigenvalue weighted by Crippen LogP contribution is 2.53. The number of allylic oxidation sites excluding steroid dienone is 1. The Kier molecular flexibility index (Phi) is 4.37. The first kappa shape index (κ1) is 15.6. The first-order chi connectivity index (χ1) is 10.0. The Morgan fingerprint density at radius 1 is 1.24 bits per heavy atom. The molecular weight excluding hydrogens is 264 g/mol. The molecule has 2 rings (SSSR count). The van der Waals surface area contributed by atoms with E-state index in [1.165, 1.54) is 7.11 Å². The van der Waals surface area contributed by atoms with Gasteiger partial charge in [0, 0.05) is 5.92 Å². The maximum atomic E-state index is 12.4. The Balaban J connectivity index is 2.38. The Labute approximate surface area is 126 Å². The second-order valence-corrected chi connectivity index (χ2v) is 5.66. The van der Waals surface area contributed by atoms with E-state index in [2.05, 4.69) is 18.7 Å². The summed E-state index contributed by atoms with van der Waals surface area (Å²) in [7, 11) is 1.36. The van der Waals surface area contributed by atoms with Gasteiger partial charge in [-0.1, -0.05) is 12.2 Å². The van der Waals surface area contributed by atoms with Gasteiger partial charge in [-0.15, -0.1) is 0 Å². The molecule has 0 N–H and O–H groups in total. The number of methoxy groups -OCH3 is 1. The highest BCUT2D eigenvalue weighted by Gasteiger charge is 2.52. The topological polar surface area (TPSA) is 73.9 Å². The number of hydrogen-bond donors (Lipinski definition) is 0. The molecule has 4 nitrogen and oxygen atoms in total. The lowest BCUT2D eigenvalue weighted by Crippen LogP contribution is -2.38. The number of ether oxygens (including phenoxy) is 1. The summed E-state index contributed by atoms with van der Waals surface area (Å²) in [6.07, 6.45) is 8.97. The lowest BCUT2D eigenvalue weighted by atomic mass is 9.68. The fraction of sp³-hybridized carbons (Fsp3) is 0.412. The molecule has 0 aromatic rings. The predicted molar refractivity (Wildman–Crippen MR) is 76.2 cm³/mol. The molecule has 0 saturated heterocycles. The molecular formula is C17H17N2O2. The molecule has 1 atom stereocenters. The predicted octanol–water partition coefficient (Wildman–Crippen LogP) is 2.71. The van der Waals surface area contributed by atoms with Gasteiger partial charge < -0.3 is 4.74 Å². The second kappa shape index (κ2) is 5.90. The van der Waals surface area contributed by atoms with Crippen LogP contribution in [0.4, 0.5) is 0 Å². The summed E-state index contributed by atoms with van der Waals surface area (Å²) in [6.45, 7) is 3.98. The molecule has 0 bridgehead atoms. The summed E-state index contributed by atoms with van der Waals surface area (Å²) in [5, 5.41) is 18.7. The maximum Gasteiger partial charge on any atom is 0.312 e. The molecule has 0 aliphatic heterocycles. The maximum absolute atomic E-state index is 12.4. The number of carbonyl (C=O) groups is 1. The molecule has 0 aromatic carbocycles. The Hall–Kier alpha value is -1.81. The van der Waals surface area contributed by atoms with Crippen molar-refractivity contribution in [1.82, 2.24) is 0 Å². The SMILES string of the molecule is C=C1CC(C#N)(C#N)CCC([C]2[CH][CH][CH][CH]2)(C(=O)OC)C1. The molecule has 2 fully saturated rings. The molecule has 1 unspecified atom stereocenters. The van der Waals surface area contributed by atoms with Crippen molar-refractivity contribution in [2.45, 2.75) is 25.7 Å². The highest BCUT2D eigenvalue weighted by molar-refractivity contribution is 5.82. The molecule has 0 spiro atoms. The summed E-state index contributed by atoms with van der Waals surface area (Å²) in [6, 6.07) is 4.21. The van der Waals surface area contributed by atoms with Crippen LogP contribution in [0, 0.1) is 65.1 Å². The van der Waals surface area contributed by atoms with E-state index in [0.29, 0.717) is 25.7 Å². The van der Waals surface area contributed by atoms with Gasteiger partial charge in [0.05, 0.1) is 24.7 Å². The number of nitriles is 2. The van der Waals surface area contributed by atoms with Gasteiger partial charge in [-0.3, -0.25) is 4.79 Å². The van der Waals surface area contributed by atoms with Crippen LogP contribution in [-0.4, -0.2) is 13.1 Å². The van der Waals surface area contributed by atoms with Gasteiger partial charge in [0.2, 0.25) is 0 Å². The van der Waals surface area contributed by atoms with Gasteiger partial charge in [0.15, 0.2) is 0 Å². The van der Waals surface area contributed by atoms with E-state index in [1.807, 2.05) is 25.7 Å². The normalized spacial score (nSPS) is 29.2. The van der Waals surface area contributed by atoms with Crippen LogP contribution in [0.1, 0.15) is 25.7 Å². The first-order valence-electron chi connectivity index (χ1n) is 6.82. The standard InChI is InChI=1S/C17H17N2O2/c1-13-9-16(11-18,12-19)7-8-17(10-13,15(20)21-2)14-5-3-4-6-14/h3-6H,1,7-10H2,2H3. The van der Waals surface area contributed by atoms with Crippen molar-refractivity contribution >= 4 is 5.97 Å². The number of rotatable bonds is 2. The van der Waals surface area contributed by atoms with Gasteiger partial charge in [-0.05, 0) is 51.4 Å². The highest BCUT2D eigenvalue weighted by atomic mass is 16.5. The van der Waals surface area contributed by atoms with Crippen LogP contribution < -0.4 is 0 Å². The van der Waals surface area contributed by atoms with Crippen LogP contribution in [-0.2, 0) is 9.53 Å². The fourth-order valence-electron chi connectivity index (χ4n) is 3.16. The third kappa shape index (κ3) is 2.68. The zero-order chi connectivity index (χ0) is 15.5. The number of nitrogens with zero attached hydrogens (tertiary/aromatic N) is 2. The van der Waals surface area contributed by atoms with E-state index >= 15 is 0 Å². The molecule has 5 radical (unpaired) electrons. The van der Waals surface area contributed by atoms with Crippen LogP contribution in [0.5, 0.6) is 0 Å². The minimum Gasteiger partial charge on any atom is -0.469 e. The zero-order valence-electron chi connectivity index (χ0n) is 12.1. The van der Waals surface area contributed by atoms with Crippen LogP contribution in [0.15, 0.2) is 12.2 Å². The summed E-state index contributed by atoms with van der Waals surface area (Å²) in [4.78, 5) is 12.4. The Morgan fingerprint density at radius 3 is 2.38 bits per heavy atom. The molecule has 4 heteroatoms. The summed E-state index contributed by atoms with van der Waals surface area (Å²) >= 11 is 0. The molecule has 21 heavy (non-hydrogen) atoms. The van der Waals surface area contributed by atoms with Crippen LogP contribution in [0.2, 0.25) is 0 Å². The average molecular weight is 281 g/mol. The van der Waals surface area contributed by atoms with Crippen molar-refractivity contribution < 1.29 is 9.53 Å². The van der Waals surface area contributed by atoms with Crippen molar-refractivity contribution in [3.63, 3.8) is 0 Å². The minimum atomic E-state index is -1.10. The van der Waals surface area contributed by atoms with E-state index in [9.17, 15) is 15.3 Å². The molecule has 2 aliphatic carbocycles. The quantitative estimate of drug-likeness (QED) is 0.443. The summed E-state index contributed by atoms with van der Waals surface area (Å²) in [5.74, 6) is 0.531. The van der Waals surface area contributed by atoms with Gasteiger partial charge in [0.25, 0.3) is 0 Å². The molecule has 0 amide bonds. The Morgan fingerprint density at radius 2 is 1.86 bits per heavy atom. The zero-order valence-corrected chi connectivity index (χ0v) is 12.1. The summed E-state index contributed by atoms with van der Waals surface area (Å²) in [5.41, 5.74) is -1.20. The van der Waals surface area contributed by atoms with Crippen molar-refractivity contribution in [3.05, 3.63) is 43.8 Å². The molecule has 2 aliphatic rings. The summed E-state index contributed by atoms with van der Waals surface area (Å²) < 4.78 is 5.01. The van der Waals surface area contributed by atoms with E-state index in [-0.39, 0.29) is 5.97 Å². The molecule has 2 saturated carbocycles. The lowest BCUT2D eigenvalue weighted by molar-refractivity contribution is -0.151. The second-order valence-electron chi connectivity index (χ2n) is 5.66. The van der Waals surface area contributed by atoms with Gasteiger partial charge in [0.1, 0.15) is 5.41 Å². The van der Waals surface area contributed by atoms with E-state index < -0.39 is 10.8 Å². The van der Waals surface area contributed by atoms with Gasteiger partial charge in [-0.25, -0.2) is 0 Å². The number of hydrogen-bond acceptors (Lipinski definition) is 4. The largest absolute Gasteiger partial charge is 0.469 e. The lowest BCUT2D eigenvalue weighted by Gasteiger charge is -2.35. The fourth-order valence-corrected chi connectivity index (χ4v) is 3.16. The van der Waals surface area contributed by atoms with E-state index in [4.69, 9.17) is 4.74 Å². The van der Waals surface area contributed by atoms with E-state index in [0.717, 1.165) is 11.5 Å². The van der Waals surface area contributed by atoms with Crippen molar-refractivity contribution in [3.8, 4) is 12.1 Å². The monoisotopic (exact) mass is 281 g/mol. The van der Waals surface area contributed by atoms with Crippen LogP contribution >= 0.6 is 0 Å². The minimum absolute atomic E-state index is 0.305. The first-order valence-corrected chi connectivity index (χ1v) is 6.82.